The second kappa shape index (κ2) is 8.40. The van der Waals surface area contributed by atoms with Crippen molar-refractivity contribution in [1.82, 2.24) is 14.4 Å². The van der Waals surface area contributed by atoms with Crippen LogP contribution in [-0.4, -0.2) is 52.4 Å². The third-order valence-electron chi connectivity index (χ3n) is 7.07. The first-order valence-electron chi connectivity index (χ1n) is 11.5. The Morgan fingerprint density at radius 1 is 1.03 bits per heavy atom. The van der Waals surface area contributed by atoms with E-state index in [1.807, 2.05) is 40.1 Å². The highest BCUT2D eigenvalue weighted by atomic mass is 16.5. The van der Waals surface area contributed by atoms with Crippen LogP contribution in [0, 0.1) is 5.92 Å². The predicted molar refractivity (Wildman–Crippen MR) is 118 cm³/mol. The van der Waals surface area contributed by atoms with Crippen molar-refractivity contribution < 1.29 is 14.3 Å². The standard InChI is InChI=1S/C25H31N3O3/c1-31-22-11-5-4-9-20(22)24-21-10-6-14-26(21)15-16-27(24)23(29)17-28(19-12-13-19)25(30)18-7-2-3-8-18/h4-6,9-11,14,18-19,24H,2-3,7-8,12-13,15-17H2,1H3. The molecule has 6 heteroatoms. The predicted octanol–water partition coefficient (Wildman–Crippen LogP) is 3.61. The Hall–Kier alpha value is -2.76. The Morgan fingerprint density at radius 2 is 1.81 bits per heavy atom. The average molecular weight is 422 g/mol. The van der Waals surface area contributed by atoms with E-state index < -0.39 is 0 Å². The Morgan fingerprint density at radius 3 is 2.55 bits per heavy atom. The SMILES string of the molecule is COc1ccccc1C1c2cccn2CCN1C(=O)CN(C(=O)C1CCCC1)C1CC1. The molecule has 0 spiro atoms. The van der Waals surface area contributed by atoms with Crippen LogP contribution in [0.25, 0.3) is 0 Å². The van der Waals surface area contributed by atoms with Gasteiger partial charge in [0.15, 0.2) is 0 Å². The lowest BCUT2D eigenvalue weighted by atomic mass is 9.98. The molecule has 1 atom stereocenters. The van der Waals surface area contributed by atoms with Gasteiger partial charge in [-0.2, -0.15) is 0 Å². The number of para-hydroxylation sites is 1. The number of amides is 2. The third kappa shape index (κ3) is 3.84. The first kappa shape index (κ1) is 20.2. The van der Waals surface area contributed by atoms with Crippen LogP contribution in [0.15, 0.2) is 42.6 Å². The minimum atomic E-state index is -0.213. The lowest BCUT2D eigenvalue weighted by Crippen LogP contribution is -2.49. The van der Waals surface area contributed by atoms with Crippen molar-refractivity contribution in [2.45, 2.75) is 57.2 Å². The van der Waals surface area contributed by atoms with Crippen LogP contribution in [0.2, 0.25) is 0 Å². The number of nitrogens with zero attached hydrogens (tertiary/aromatic N) is 3. The number of ether oxygens (including phenoxy) is 1. The van der Waals surface area contributed by atoms with Crippen LogP contribution in [0.1, 0.15) is 55.8 Å². The molecule has 1 aromatic carbocycles. The minimum absolute atomic E-state index is 0.0293. The topological polar surface area (TPSA) is 54.8 Å². The second-order valence-corrected chi connectivity index (χ2v) is 9.04. The molecule has 2 aromatic rings. The number of hydrogen-bond acceptors (Lipinski definition) is 3. The summed E-state index contributed by atoms with van der Waals surface area (Å²) in [6.45, 7) is 1.57. The summed E-state index contributed by atoms with van der Waals surface area (Å²) in [6, 6.07) is 12.1. The van der Waals surface area contributed by atoms with Gasteiger partial charge in [-0.3, -0.25) is 9.59 Å². The van der Waals surface area contributed by atoms with E-state index in [0.29, 0.717) is 6.54 Å². The molecule has 0 bridgehead atoms. The fourth-order valence-electron chi connectivity index (χ4n) is 5.29. The van der Waals surface area contributed by atoms with Crippen molar-refractivity contribution in [3.8, 4) is 5.75 Å². The van der Waals surface area contributed by atoms with E-state index in [0.717, 1.165) is 62.1 Å². The fraction of sp³-hybridized carbons (Fsp3) is 0.520. The zero-order valence-electron chi connectivity index (χ0n) is 18.2. The first-order chi connectivity index (χ1) is 15.2. The highest BCUT2D eigenvalue weighted by Crippen LogP contribution is 2.38. The van der Waals surface area contributed by atoms with Crippen LogP contribution in [0.5, 0.6) is 5.75 Å². The zero-order chi connectivity index (χ0) is 21.4. The Labute approximate surface area is 183 Å². The number of carbonyl (C=O) groups excluding carboxylic acids is 2. The highest BCUT2D eigenvalue weighted by molar-refractivity contribution is 5.87. The Balaban J connectivity index is 1.43. The summed E-state index contributed by atoms with van der Waals surface area (Å²) in [4.78, 5) is 30.7. The lowest BCUT2D eigenvalue weighted by Gasteiger charge is -2.39. The molecule has 1 unspecified atom stereocenters. The maximum Gasteiger partial charge on any atom is 0.243 e. The number of aromatic nitrogens is 1. The van der Waals surface area contributed by atoms with E-state index in [9.17, 15) is 9.59 Å². The molecule has 0 radical (unpaired) electrons. The molecule has 6 nitrogen and oxygen atoms in total. The molecule has 2 heterocycles. The molecule has 1 aromatic heterocycles. The molecule has 0 saturated heterocycles. The normalized spacial score (nSPS) is 21.1. The number of fused-ring (bicyclic) bond motifs is 1. The molecule has 1 aliphatic heterocycles. The molecule has 5 rings (SSSR count). The van der Waals surface area contributed by atoms with E-state index >= 15 is 0 Å². The number of benzene rings is 1. The van der Waals surface area contributed by atoms with Gasteiger partial charge >= 0.3 is 0 Å². The van der Waals surface area contributed by atoms with E-state index in [2.05, 4.69) is 16.8 Å². The Kier molecular flexibility index (Phi) is 5.47. The highest BCUT2D eigenvalue weighted by Gasteiger charge is 2.40. The molecule has 2 fully saturated rings. The van der Waals surface area contributed by atoms with Crippen LogP contribution < -0.4 is 4.74 Å². The lowest BCUT2D eigenvalue weighted by molar-refractivity contribution is -0.144. The van der Waals surface area contributed by atoms with Crippen molar-refractivity contribution in [3.05, 3.63) is 53.9 Å². The zero-order valence-corrected chi connectivity index (χ0v) is 18.2. The molecule has 164 valence electrons. The molecule has 31 heavy (non-hydrogen) atoms. The maximum atomic E-state index is 13.7. The van der Waals surface area contributed by atoms with E-state index in [4.69, 9.17) is 4.74 Å². The summed E-state index contributed by atoms with van der Waals surface area (Å²) in [5.74, 6) is 1.11. The van der Waals surface area contributed by atoms with Gasteiger partial charge in [-0.25, -0.2) is 0 Å². The average Bonchev–Trinajstić information content (AvgIpc) is 3.27. The summed E-state index contributed by atoms with van der Waals surface area (Å²) in [6.07, 6.45) is 8.30. The molecule has 3 aliphatic rings. The van der Waals surface area contributed by atoms with Crippen LogP contribution in [-0.2, 0) is 16.1 Å². The molecule has 0 N–H and O–H groups in total. The number of hydrogen-bond donors (Lipinski definition) is 0. The van der Waals surface area contributed by atoms with Gasteiger partial charge in [0.2, 0.25) is 11.8 Å². The number of carbonyl (C=O) groups is 2. The Bertz CT molecular complexity index is 958. The van der Waals surface area contributed by atoms with E-state index in [1.165, 1.54) is 0 Å². The van der Waals surface area contributed by atoms with Crippen molar-refractivity contribution in [3.63, 3.8) is 0 Å². The number of methoxy groups -OCH3 is 1. The first-order valence-corrected chi connectivity index (χ1v) is 11.5. The summed E-state index contributed by atoms with van der Waals surface area (Å²) in [5, 5.41) is 0. The quantitative estimate of drug-likeness (QED) is 0.716. The summed E-state index contributed by atoms with van der Waals surface area (Å²) in [5.41, 5.74) is 2.07. The van der Waals surface area contributed by atoms with Crippen LogP contribution >= 0.6 is 0 Å². The molecule has 2 amide bonds. The molecular formula is C25H31N3O3. The third-order valence-corrected chi connectivity index (χ3v) is 7.07. The summed E-state index contributed by atoms with van der Waals surface area (Å²) in [7, 11) is 1.67. The van der Waals surface area contributed by atoms with Gasteiger partial charge in [-0.05, 0) is 43.9 Å². The van der Waals surface area contributed by atoms with Crippen LogP contribution in [0.4, 0.5) is 0 Å². The minimum Gasteiger partial charge on any atom is -0.496 e. The van der Waals surface area contributed by atoms with Gasteiger partial charge in [0.25, 0.3) is 0 Å². The van der Waals surface area contributed by atoms with Gasteiger partial charge in [-0.15, -0.1) is 0 Å². The van der Waals surface area contributed by atoms with Crippen molar-refractivity contribution in [2.75, 3.05) is 20.2 Å². The smallest absolute Gasteiger partial charge is 0.243 e. The molecule has 2 aliphatic carbocycles. The molecular weight excluding hydrogens is 390 g/mol. The van der Waals surface area contributed by atoms with Gasteiger partial charge < -0.3 is 19.1 Å². The summed E-state index contributed by atoms with van der Waals surface area (Å²) < 4.78 is 7.85. The van der Waals surface area contributed by atoms with E-state index in [-0.39, 0.29) is 36.4 Å². The van der Waals surface area contributed by atoms with Crippen LogP contribution in [0.3, 0.4) is 0 Å². The van der Waals surface area contributed by atoms with Gasteiger partial charge in [0.1, 0.15) is 18.3 Å². The van der Waals surface area contributed by atoms with Gasteiger partial charge in [0, 0.05) is 42.5 Å². The van der Waals surface area contributed by atoms with E-state index in [1.54, 1.807) is 7.11 Å². The summed E-state index contributed by atoms with van der Waals surface area (Å²) >= 11 is 0. The van der Waals surface area contributed by atoms with Crippen molar-refractivity contribution >= 4 is 11.8 Å². The monoisotopic (exact) mass is 421 g/mol. The van der Waals surface area contributed by atoms with Gasteiger partial charge in [-0.1, -0.05) is 31.0 Å². The molecule has 2 saturated carbocycles. The number of rotatable bonds is 6. The van der Waals surface area contributed by atoms with Crippen molar-refractivity contribution in [1.29, 1.82) is 0 Å². The largest absolute Gasteiger partial charge is 0.496 e. The van der Waals surface area contributed by atoms with Crippen molar-refractivity contribution in [2.24, 2.45) is 5.92 Å². The second-order valence-electron chi connectivity index (χ2n) is 9.04. The fourth-order valence-corrected chi connectivity index (χ4v) is 5.29. The maximum absolute atomic E-state index is 13.7. The van der Waals surface area contributed by atoms with Gasteiger partial charge in [0.05, 0.1) is 7.11 Å².